The first kappa shape index (κ1) is 17.2. The van der Waals surface area contributed by atoms with Gasteiger partial charge in [0.2, 0.25) is 0 Å². The molecule has 0 fully saturated rings. The predicted molar refractivity (Wildman–Crippen MR) is 88.5 cm³/mol. The van der Waals surface area contributed by atoms with Crippen LogP contribution in [0.1, 0.15) is 26.8 Å². The van der Waals surface area contributed by atoms with Gasteiger partial charge in [0.05, 0.1) is 11.1 Å². The number of alkyl halides is 3. The number of benzene rings is 1. The Labute approximate surface area is 145 Å². The van der Waals surface area contributed by atoms with Crippen molar-refractivity contribution in [3.05, 3.63) is 76.2 Å². The van der Waals surface area contributed by atoms with Crippen LogP contribution in [0.2, 0.25) is 0 Å². The standard InChI is InChI=1S/C17H14F3N3OS/c18-17(19,20)13-6-2-1-5-12(13)16(24)21-11-14(15-7-3-10-25-15)23-9-4-8-22-23/h1-10,14H,11H2,(H,21,24). The monoisotopic (exact) mass is 365 g/mol. The number of nitrogens with zero attached hydrogens (tertiary/aromatic N) is 2. The first-order chi connectivity index (χ1) is 12.0. The molecule has 8 heteroatoms. The van der Waals surface area contributed by atoms with Gasteiger partial charge < -0.3 is 5.32 Å². The van der Waals surface area contributed by atoms with Gasteiger partial charge in [-0.25, -0.2) is 0 Å². The molecule has 1 unspecified atom stereocenters. The number of carbonyl (C=O) groups excluding carboxylic acids is 1. The minimum absolute atomic E-state index is 0.132. The molecule has 2 aromatic heterocycles. The van der Waals surface area contributed by atoms with Crippen molar-refractivity contribution in [2.24, 2.45) is 0 Å². The zero-order valence-corrected chi connectivity index (χ0v) is 13.7. The lowest BCUT2D eigenvalue weighted by molar-refractivity contribution is -0.137. The van der Waals surface area contributed by atoms with Gasteiger partial charge in [0.1, 0.15) is 6.04 Å². The number of thiophene rings is 1. The third-order valence-electron chi connectivity index (χ3n) is 3.65. The Morgan fingerprint density at radius 2 is 2.00 bits per heavy atom. The summed E-state index contributed by atoms with van der Waals surface area (Å²) in [5.74, 6) is -0.762. The fraction of sp³-hybridized carbons (Fsp3) is 0.176. The lowest BCUT2D eigenvalue weighted by atomic mass is 10.1. The highest BCUT2D eigenvalue weighted by atomic mass is 32.1. The van der Waals surface area contributed by atoms with E-state index in [-0.39, 0.29) is 18.2 Å². The third-order valence-corrected chi connectivity index (χ3v) is 4.62. The Morgan fingerprint density at radius 3 is 2.64 bits per heavy atom. The van der Waals surface area contributed by atoms with Gasteiger partial charge in [-0.3, -0.25) is 9.48 Å². The molecule has 0 bridgehead atoms. The van der Waals surface area contributed by atoms with E-state index in [1.54, 1.807) is 23.1 Å². The molecular weight excluding hydrogens is 351 g/mol. The van der Waals surface area contributed by atoms with Gasteiger partial charge in [-0.1, -0.05) is 18.2 Å². The van der Waals surface area contributed by atoms with Crippen molar-refractivity contribution in [3.63, 3.8) is 0 Å². The van der Waals surface area contributed by atoms with Crippen LogP contribution in [-0.2, 0) is 6.18 Å². The fourth-order valence-corrected chi connectivity index (χ4v) is 3.30. The second kappa shape index (κ2) is 7.10. The van der Waals surface area contributed by atoms with Gasteiger partial charge in [0.15, 0.2) is 0 Å². The highest BCUT2D eigenvalue weighted by molar-refractivity contribution is 7.10. The van der Waals surface area contributed by atoms with E-state index in [1.807, 2.05) is 17.5 Å². The van der Waals surface area contributed by atoms with Crippen LogP contribution < -0.4 is 5.32 Å². The second-order valence-electron chi connectivity index (χ2n) is 5.27. The molecule has 25 heavy (non-hydrogen) atoms. The third kappa shape index (κ3) is 3.90. The number of hydrogen-bond acceptors (Lipinski definition) is 3. The van der Waals surface area contributed by atoms with Gasteiger partial charge in [0, 0.05) is 23.8 Å². The maximum atomic E-state index is 13.1. The summed E-state index contributed by atoms with van der Waals surface area (Å²) in [4.78, 5) is 13.3. The smallest absolute Gasteiger partial charge is 0.349 e. The molecule has 0 radical (unpaired) electrons. The lowest BCUT2D eigenvalue weighted by Crippen LogP contribution is -2.32. The first-order valence-electron chi connectivity index (χ1n) is 7.44. The number of carbonyl (C=O) groups is 1. The number of amides is 1. The van der Waals surface area contributed by atoms with E-state index in [1.165, 1.54) is 29.5 Å². The largest absolute Gasteiger partial charge is 0.417 e. The van der Waals surface area contributed by atoms with Crippen molar-refractivity contribution >= 4 is 17.2 Å². The van der Waals surface area contributed by atoms with Crippen LogP contribution in [0.25, 0.3) is 0 Å². The molecule has 0 aliphatic rings. The SMILES string of the molecule is O=C(NCC(c1cccs1)n1cccn1)c1ccccc1C(F)(F)F. The Balaban J connectivity index is 1.80. The number of nitrogens with one attached hydrogen (secondary N) is 1. The van der Waals surface area contributed by atoms with Crippen molar-refractivity contribution in [2.75, 3.05) is 6.54 Å². The molecule has 0 saturated carbocycles. The summed E-state index contributed by atoms with van der Waals surface area (Å²) in [6, 6.07) is 9.99. The summed E-state index contributed by atoms with van der Waals surface area (Å²) in [7, 11) is 0. The Kier molecular flexibility index (Phi) is 4.89. The van der Waals surface area contributed by atoms with Crippen LogP contribution in [0.5, 0.6) is 0 Å². The van der Waals surface area contributed by atoms with E-state index in [0.717, 1.165) is 10.9 Å². The molecule has 2 heterocycles. The van der Waals surface area contributed by atoms with E-state index in [4.69, 9.17) is 0 Å². The van der Waals surface area contributed by atoms with Gasteiger partial charge >= 0.3 is 6.18 Å². The van der Waals surface area contributed by atoms with E-state index in [9.17, 15) is 18.0 Å². The van der Waals surface area contributed by atoms with Crippen molar-refractivity contribution in [2.45, 2.75) is 12.2 Å². The minimum Gasteiger partial charge on any atom is -0.349 e. The molecule has 1 amide bonds. The number of hydrogen-bond donors (Lipinski definition) is 1. The van der Waals surface area contributed by atoms with Crippen molar-refractivity contribution < 1.29 is 18.0 Å². The van der Waals surface area contributed by atoms with E-state index < -0.39 is 17.6 Å². The van der Waals surface area contributed by atoms with Gasteiger partial charge in [-0.15, -0.1) is 11.3 Å². The average molecular weight is 365 g/mol. The fourth-order valence-electron chi connectivity index (χ4n) is 2.48. The molecule has 0 aliphatic heterocycles. The van der Waals surface area contributed by atoms with Crippen LogP contribution in [0.15, 0.2) is 60.2 Å². The summed E-state index contributed by atoms with van der Waals surface area (Å²) < 4.78 is 40.9. The molecule has 130 valence electrons. The van der Waals surface area contributed by atoms with E-state index >= 15 is 0 Å². The van der Waals surface area contributed by atoms with Crippen LogP contribution in [-0.4, -0.2) is 22.2 Å². The highest BCUT2D eigenvalue weighted by Crippen LogP contribution is 2.32. The summed E-state index contributed by atoms with van der Waals surface area (Å²) in [5, 5.41) is 8.66. The molecule has 0 saturated heterocycles. The molecular formula is C17H14F3N3OS. The summed E-state index contributed by atoms with van der Waals surface area (Å²) >= 11 is 1.49. The molecule has 4 nitrogen and oxygen atoms in total. The molecule has 1 N–H and O–H groups in total. The number of rotatable bonds is 5. The normalized spacial score (nSPS) is 12.8. The van der Waals surface area contributed by atoms with Gasteiger partial charge in [-0.05, 0) is 29.6 Å². The Bertz CT molecular complexity index is 795. The second-order valence-corrected chi connectivity index (χ2v) is 6.25. The van der Waals surface area contributed by atoms with Crippen molar-refractivity contribution in [1.29, 1.82) is 0 Å². The average Bonchev–Trinajstić information content (AvgIpc) is 3.28. The number of halogens is 3. The molecule has 3 rings (SSSR count). The molecule has 0 spiro atoms. The van der Waals surface area contributed by atoms with Crippen LogP contribution in [0.3, 0.4) is 0 Å². The Hall–Kier alpha value is -2.61. The molecule has 3 aromatic rings. The zero-order valence-electron chi connectivity index (χ0n) is 12.9. The number of aromatic nitrogens is 2. The van der Waals surface area contributed by atoms with Gasteiger partial charge in [-0.2, -0.15) is 18.3 Å². The Morgan fingerprint density at radius 1 is 1.20 bits per heavy atom. The molecule has 1 aromatic carbocycles. The summed E-state index contributed by atoms with van der Waals surface area (Å²) in [6.07, 6.45) is -1.22. The van der Waals surface area contributed by atoms with E-state index in [0.29, 0.717) is 0 Å². The van der Waals surface area contributed by atoms with Crippen molar-refractivity contribution in [1.82, 2.24) is 15.1 Å². The lowest BCUT2D eigenvalue weighted by Gasteiger charge is -2.18. The minimum atomic E-state index is -4.58. The summed E-state index contributed by atoms with van der Waals surface area (Å²) in [5.41, 5.74) is -1.33. The maximum absolute atomic E-state index is 13.1. The summed E-state index contributed by atoms with van der Waals surface area (Å²) in [6.45, 7) is 0.132. The topological polar surface area (TPSA) is 46.9 Å². The van der Waals surface area contributed by atoms with Gasteiger partial charge in [0.25, 0.3) is 5.91 Å². The van der Waals surface area contributed by atoms with E-state index in [2.05, 4.69) is 10.4 Å². The van der Waals surface area contributed by atoms with Crippen LogP contribution >= 0.6 is 11.3 Å². The van der Waals surface area contributed by atoms with Crippen LogP contribution in [0.4, 0.5) is 13.2 Å². The molecule has 0 aliphatic carbocycles. The highest BCUT2D eigenvalue weighted by Gasteiger charge is 2.34. The van der Waals surface area contributed by atoms with Crippen molar-refractivity contribution in [3.8, 4) is 0 Å². The molecule has 1 atom stereocenters. The predicted octanol–water partition coefficient (Wildman–Crippen LogP) is 3.98. The first-order valence-corrected chi connectivity index (χ1v) is 8.31. The quantitative estimate of drug-likeness (QED) is 0.743. The maximum Gasteiger partial charge on any atom is 0.417 e. The zero-order chi connectivity index (χ0) is 17.9. The van der Waals surface area contributed by atoms with Crippen LogP contribution in [0, 0.1) is 0 Å².